The molecule has 77 heavy (non-hydrogen) atoms. The fourth-order valence-electron chi connectivity index (χ4n) is 13.8. The number of aromatic nitrogens is 2. The number of aliphatic hydroxyl groups is 2. The fourth-order valence-corrected chi connectivity index (χ4v) is 14.4. The lowest BCUT2D eigenvalue weighted by Crippen LogP contribution is -2.26. The van der Waals surface area contributed by atoms with E-state index < -0.39 is 0 Å². The van der Waals surface area contributed by atoms with Crippen LogP contribution in [0.25, 0.3) is 77.8 Å². The minimum absolute atomic E-state index is 0.108. The van der Waals surface area contributed by atoms with Crippen molar-refractivity contribution in [2.24, 2.45) is 0 Å². The molecule has 0 fully saturated rings. The minimum atomic E-state index is -0.135. The Labute approximate surface area is 465 Å². The van der Waals surface area contributed by atoms with Crippen LogP contribution in [0.15, 0.2) is 146 Å². The molecular weight excluding hydrogens is 957 g/mol. The second kappa shape index (κ2) is 26.3. The molecule has 0 atom stereocenters. The Hall–Kier alpha value is -5.72. The van der Waals surface area contributed by atoms with Gasteiger partial charge in [0.25, 0.3) is 0 Å². The van der Waals surface area contributed by atoms with Gasteiger partial charge in [-0.25, -0.2) is 0 Å². The molecule has 2 aliphatic carbocycles. The van der Waals surface area contributed by atoms with Gasteiger partial charge in [0, 0.05) is 35.2 Å². The van der Waals surface area contributed by atoms with E-state index in [1.54, 1.807) is 0 Å². The van der Waals surface area contributed by atoms with Crippen molar-refractivity contribution in [1.29, 1.82) is 0 Å². The summed E-state index contributed by atoms with van der Waals surface area (Å²) < 4.78 is 9.92. The molecule has 0 bridgehead atoms. The number of nitrogens with zero attached hydrogens (tertiary/aromatic N) is 2. The molecule has 0 radical (unpaired) electrons. The van der Waals surface area contributed by atoms with Crippen molar-refractivity contribution >= 4 is 22.8 Å². The number of aliphatic hydroxyl groups excluding tert-OH is 2. The summed E-state index contributed by atoms with van der Waals surface area (Å²) in [5.41, 5.74) is 23.2. The van der Waals surface area contributed by atoms with Crippen molar-refractivity contribution in [3.63, 3.8) is 0 Å². The lowest BCUT2D eigenvalue weighted by Gasteiger charge is -2.34. The van der Waals surface area contributed by atoms with E-state index in [9.17, 15) is 10.2 Å². The second-order valence-corrected chi connectivity index (χ2v) is 23.4. The predicted octanol–water partition coefficient (Wildman–Crippen LogP) is 20.3. The Kier molecular flexibility index (Phi) is 18.6. The van der Waals surface area contributed by atoms with Gasteiger partial charge in [-0.1, -0.05) is 251 Å². The van der Waals surface area contributed by atoms with E-state index in [0.717, 1.165) is 93.6 Å². The summed E-state index contributed by atoms with van der Waals surface area (Å²) >= 11 is 1.32. The maximum absolute atomic E-state index is 9.77. The van der Waals surface area contributed by atoms with Crippen molar-refractivity contribution in [3.05, 3.63) is 168 Å². The number of fused-ring (bicyclic) bond motifs is 7. The molecule has 8 aromatic rings. The molecule has 0 unspecified atom stereocenters. The van der Waals surface area contributed by atoms with Crippen molar-refractivity contribution in [1.82, 2.24) is 8.75 Å². The fraction of sp³-hybridized carbons (Fsp3) is 0.417. The first-order valence-electron chi connectivity index (χ1n) is 30.2. The number of hydrogen-bond donors (Lipinski definition) is 2. The summed E-state index contributed by atoms with van der Waals surface area (Å²) in [4.78, 5) is 0. The Morgan fingerprint density at radius 2 is 0.623 bits per heavy atom. The average molecular weight is 1040 g/mol. The summed E-state index contributed by atoms with van der Waals surface area (Å²) in [6, 6.07) is 56.0. The molecule has 0 aliphatic heterocycles. The molecule has 1 heterocycles. The minimum Gasteiger partial charge on any atom is -0.396 e. The summed E-state index contributed by atoms with van der Waals surface area (Å²) in [6.07, 6.45) is 28.2. The van der Waals surface area contributed by atoms with Gasteiger partial charge in [0.15, 0.2) is 0 Å². The molecule has 5 heteroatoms. The number of unbranched alkanes of at least 4 members (excludes halogenated alkanes) is 16. The Balaban J connectivity index is 1.09. The average Bonchev–Trinajstić information content (AvgIpc) is 4.22. The van der Waals surface area contributed by atoms with Crippen LogP contribution >= 0.6 is 11.7 Å². The van der Waals surface area contributed by atoms with E-state index >= 15 is 0 Å². The number of benzene rings is 7. The van der Waals surface area contributed by atoms with Crippen molar-refractivity contribution in [3.8, 4) is 66.8 Å². The van der Waals surface area contributed by atoms with Crippen molar-refractivity contribution in [2.75, 3.05) is 13.2 Å². The van der Waals surface area contributed by atoms with Gasteiger partial charge >= 0.3 is 0 Å². The number of rotatable bonds is 30. The molecule has 0 saturated heterocycles. The Morgan fingerprint density at radius 3 is 1.03 bits per heavy atom. The van der Waals surface area contributed by atoms with Gasteiger partial charge < -0.3 is 10.2 Å². The zero-order valence-corrected chi connectivity index (χ0v) is 47.3. The molecule has 0 saturated carbocycles. The van der Waals surface area contributed by atoms with Gasteiger partial charge in [-0.2, -0.15) is 8.75 Å². The van der Waals surface area contributed by atoms with Crippen LogP contribution in [0.4, 0.5) is 0 Å². The molecular formula is C72H84N2O2S. The molecule has 4 nitrogen and oxygen atoms in total. The third-order valence-corrected chi connectivity index (χ3v) is 18.4. The highest BCUT2D eigenvalue weighted by Crippen LogP contribution is 2.58. The summed E-state index contributed by atoms with van der Waals surface area (Å²) in [6.45, 7) is 5.17. The van der Waals surface area contributed by atoms with Crippen LogP contribution in [0.1, 0.15) is 190 Å². The van der Waals surface area contributed by atoms with Gasteiger partial charge in [-0.3, -0.25) is 0 Å². The third kappa shape index (κ3) is 11.7. The quantitative estimate of drug-likeness (QED) is 0.0441. The summed E-state index contributed by atoms with van der Waals surface area (Å²) in [5, 5.41) is 19.5. The van der Waals surface area contributed by atoms with Gasteiger partial charge in [-0.05, 0) is 141 Å². The lowest BCUT2D eigenvalue weighted by molar-refractivity contribution is 0.279. The maximum Gasteiger partial charge on any atom is 0.113 e. The molecule has 7 aromatic carbocycles. The van der Waals surface area contributed by atoms with Crippen molar-refractivity contribution < 1.29 is 10.2 Å². The second-order valence-electron chi connectivity index (χ2n) is 22.9. The SMILES string of the molecule is CCCCCCCCC1(CCCCCCCC)c2cc(-c3ccc4c(c3)C(CCCCCCO)(CCCCCCO)c3cc(-c5ccccc5)ccc3-4)ccc2-c2ccc(-c3ccc(-c4ccccc4)c4nsnc34)cc21. The molecule has 0 amide bonds. The molecule has 10 rings (SSSR count). The topological polar surface area (TPSA) is 66.2 Å². The van der Waals surface area contributed by atoms with Crippen LogP contribution in [0.2, 0.25) is 0 Å². The van der Waals surface area contributed by atoms with Crippen LogP contribution in [-0.2, 0) is 10.8 Å². The van der Waals surface area contributed by atoms with Crippen molar-refractivity contribution in [2.45, 2.75) is 179 Å². The van der Waals surface area contributed by atoms with E-state index in [2.05, 4.69) is 159 Å². The van der Waals surface area contributed by atoms with Crippen LogP contribution in [0, 0.1) is 0 Å². The Bertz CT molecular complexity index is 3140. The molecule has 1 aromatic heterocycles. The van der Waals surface area contributed by atoms with Gasteiger partial charge in [0.2, 0.25) is 0 Å². The van der Waals surface area contributed by atoms with E-state index in [-0.39, 0.29) is 24.0 Å². The molecule has 400 valence electrons. The van der Waals surface area contributed by atoms with Crippen LogP contribution in [-0.4, -0.2) is 32.2 Å². The van der Waals surface area contributed by atoms with E-state index in [0.29, 0.717) is 0 Å². The Morgan fingerprint density at radius 1 is 0.312 bits per heavy atom. The maximum atomic E-state index is 9.77. The standard InChI is InChI=1S/C72H84N2O2S/c1-3-5-7-9-11-23-43-72(44-24-12-10-8-6-4-2)67-51-57(35-39-63(67)64-40-36-58(52-68(64)72)60-42-41-59(54-31-21-18-22-32-54)69-70(60)74-77-73-69)56-34-38-62-61-37-33-55(53-29-19-17-20-30-53)49-65(61)71(66(62)50-56,45-25-13-15-27-47-75)46-26-14-16-28-48-76/h17-22,29-42,49-52,75-76H,3-16,23-28,43-48H2,1-2H3. The summed E-state index contributed by atoms with van der Waals surface area (Å²) in [5.74, 6) is 0. The van der Waals surface area contributed by atoms with Gasteiger partial charge in [0.05, 0.1) is 11.7 Å². The zero-order chi connectivity index (χ0) is 52.9. The largest absolute Gasteiger partial charge is 0.396 e. The predicted molar refractivity (Wildman–Crippen MR) is 328 cm³/mol. The monoisotopic (exact) mass is 1040 g/mol. The van der Waals surface area contributed by atoms with Gasteiger partial charge in [-0.15, -0.1) is 0 Å². The molecule has 2 aliphatic rings. The lowest BCUT2D eigenvalue weighted by atomic mass is 9.69. The number of hydrogen-bond acceptors (Lipinski definition) is 5. The first-order valence-corrected chi connectivity index (χ1v) is 30.9. The van der Waals surface area contributed by atoms with E-state index in [4.69, 9.17) is 8.75 Å². The van der Waals surface area contributed by atoms with Gasteiger partial charge in [0.1, 0.15) is 11.0 Å². The normalized spacial score (nSPS) is 13.7. The van der Waals surface area contributed by atoms with E-state index in [1.165, 1.54) is 172 Å². The molecule has 2 N–H and O–H groups in total. The van der Waals surface area contributed by atoms with Crippen LogP contribution in [0.3, 0.4) is 0 Å². The van der Waals surface area contributed by atoms with E-state index in [1.807, 2.05) is 0 Å². The summed E-state index contributed by atoms with van der Waals surface area (Å²) in [7, 11) is 0. The highest BCUT2D eigenvalue weighted by molar-refractivity contribution is 7.00. The molecule has 0 spiro atoms. The third-order valence-electron chi connectivity index (χ3n) is 17.9. The highest BCUT2D eigenvalue weighted by atomic mass is 32.1. The highest BCUT2D eigenvalue weighted by Gasteiger charge is 2.45. The van der Waals surface area contributed by atoms with Crippen LogP contribution in [0.5, 0.6) is 0 Å². The first kappa shape index (κ1) is 54.6. The van der Waals surface area contributed by atoms with Crippen LogP contribution < -0.4 is 0 Å². The smallest absolute Gasteiger partial charge is 0.113 e. The first-order chi connectivity index (χ1) is 38.0. The zero-order valence-electron chi connectivity index (χ0n) is 46.4.